The van der Waals surface area contributed by atoms with Crippen molar-refractivity contribution in [2.75, 3.05) is 33.0 Å². The van der Waals surface area contributed by atoms with Crippen LogP contribution < -0.4 is 11.1 Å². The first kappa shape index (κ1) is 24.2. The Labute approximate surface area is 186 Å². The minimum absolute atomic E-state index is 0.0769. The van der Waals surface area contributed by atoms with E-state index in [4.69, 9.17) is 43.1 Å². The summed E-state index contributed by atoms with van der Waals surface area (Å²) in [6.45, 7) is 6.18. The lowest BCUT2D eigenvalue weighted by Gasteiger charge is -2.32. The van der Waals surface area contributed by atoms with E-state index in [-0.39, 0.29) is 36.0 Å². The molecule has 1 aromatic carbocycles. The molecule has 1 unspecified atom stereocenters. The van der Waals surface area contributed by atoms with E-state index >= 15 is 0 Å². The van der Waals surface area contributed by atoms with Gasteiger partial charge >= 0.3 is 11.9 Å². The molecule has 1 aliphatic rings. The molecule has 1 aliphatic heterocycles. The van der Waals surface area contributed by atoms with Crippen LogP contribution in [0.15, 0.2) is 40.7 Å². The first-order valence-corrected chi connectivity index (χ1v) is 10.4. The number of hydrogen-bond acceptors (Lipinski definition) is 7. The summed E-state index contributed by atoms with van der Waals surface area (Å²) in [5, 5.41) is 3.65. The fraction of sp³-hybridized carbons (Fsp3) is 0.429. The van der Waals surface area contributed by atoms with Crippen LogP contribution in [-0.2, 0) is 23.8 Å². The van der Waals surface area contributed by atoms with Crippen LogP contribution in [0, 0.1) is 0 Å². The monoisotopic (exact) mass is 456 g/mol. The highest BCUT2D eigenvalue weighted by Gasteiger charge is 2.40. The average molecular weight is 457 g/mol. The molecule has 30 heavy (non-hydrogen) atoms. The van der Waals surface area contributed by atoms with Gasteiger partial charge in [0, 0.05) is 12.2 Å². The number of rotatable bonds is 9. The maximum Gasteiger partial charge on any atom is 0.336 e. The molecule has 0 aromatic heterocycles. The zero-order valence-corrected chi connectivity index (χ0v) is 18.7. The number of carbonyl (C=O) groups excluding carboxylic acids is 2. The normalized spacial score (nSPS) is 16.4. The maximum atomic E-state index is 13.0. The van der Waals surface area contributed by atoms with Crippen LogP contribution in [-0.4, -0.2) is 44.9 Å². The van der Waals surface area contributed by atoms with Crippen LogP contribution in [0.5, 0.6) is 0 Å². The topological polar surface area (TPSA) is 99.9 Å². The molecule has 164 valence electrons. The summed E-state index contributed by atoms with van der Waals surface area (Å²) in [5.41, 5.74) is 7.46. The Kier molecular flexibility index (Phi) is 9.17. The number of nitrogens with one attached hydrogen (secondary N) is 1. The van der Waals surface area contributed by atoms with Crippen molar-refractivity contribution in [3.63, 3.8) is 0 Å². The predicted molar refractivity (Wildman–Crippen MR) is 115 cm³/mol. The number of halogens is 2. The van der Waals surface area contributed by atoms with Crippen molar-refractivity contribution in [2.45, 2.75) is 26.7 Å². The van der Waals surface area contributed by atoms with Crippen LogP contribution in [0.25, 0.3) is 0 Å². The molecule has 7 nitrogen and oxygen atoms in total. The summed E-state index contributed by atoms with van der Waals surface area (Å²) >= 11 is 12.7. The van der Waals surface area contributed by atoms with Gasteiger partial charge < -0.3 is 25.3 Å². The second-order valence-corrected chi connectivity index (χ2v) is 7.20. The quantitative estimate of drug-likeness (QED) is 0.434. The van der Waals surface area contributed by atoms with Gasteiger partial charge in [0.1, 0.15) is 0 Å². The van der Waals surface area contributed by atoms with Gasteiger partial charge in [0.25, 0.3) is 0 Å². The first-order valence-electron chi connectivity index (χ1n) is 9.64. The van der Waals surface area contributed by atoms with Gasteiger partial charge in [0.05, 0.1) is 59.2 Å². The molecule has 1 atom stereocenters. The van der Waals surface area contributed by atoms with Gasteiger partial charge in [-0.25, -0.2) is 9.59 Å². The van der Waals surface area contributed by atoms with Crippen LogP contribution in [0.2, 0.25) is 10.0 Å². The lowest BCUT2D eigenvalue weighted by molar-refractivity contribution is -0.139. The maximum absolute atomic E-state index is 13.0. The molecule has 0 radical (unpaired) electrons. The highest BCUT2D eigenvalue weighted by Crippen LogP contribution is 2.43. The predicted octanol–water partition coefficient (Wildman–Crippen LogP) is 3.31. The Bertz CT molecular complexity index is 867. The zero-order chi connectivity index (χ0) is 22.3. The number of dihydropyridines is 1. The van der Waals surface area contributed by atoms with E-state index in [1.165, 1.54) is 0 Å². The molecular weight excluding hydrogens is 431 g/mol. The SMILES string of the molecule is CCOC(=O)C1=C(C)NC(COCCN)=C(C(=O)OCC)C1c1cccc(Cl)c1Cl. The van der Waals surface area contributed by atoms with E-state index in [1.807, 2.05) is 0 Å². The van der Waals surface area contributed by atoms with Gasteiger partial charge in [-0.15, -0.1) is 0 Å². The molecule has 0 spiro atoms. The summed E-state index contributed by atoms with van der Waals surface area (Å²) in [6, 6.07) is 5.06. The second kappa shape index (κ2) is 11.4. The molecule has 0 bridgehead atoms. The van der Waals surface area contributed by atoms with E-state index in [2.05, 4.69) is 5.32 Å². The summed E-state index contributed by atoms with van der Waals surface area (Å²) in [5.74, 6) is -1.99. The third kappa shape index (κ3) is 5.35. The molecule has 0 saturated carbocycles. The highest BCUT2D eigenvalue weighted by atomic mass is 35.5. The Morgan fingerprint density at radius 2 is 1.73 bits per heavy atom. The molecule has 0 aliphatic carbocycles. The Balaban J connectivity index is 2.72. The Morgan fingerprint density at radius 3 is 2.33 bits per heavy atom. The van der Waals surface area contributed by atoms with Gasteiger partial charge in [0.2, 0.25) is 0 Å². The van der Waals surface area contributed by atoms with Crippen LogP contribution in [0.1, 0.15) is 32.3 Å². The van der Waals surface area contributed by atoms with Gasteiger partial charge in [-0.3, -0.25) is 0 Å². The molecule has 2 rings (SSSR count). The van der Waals surface area contributed by atoms with Gasteiger partial charge in [-0.2, -0.15) is 0 Å². The van der Waals surface area contributed by atoms with Crippen molar-refractivity contribution >= 4 is 35.1 Å². The lowest BCUT2D eigenvalue weighted by atomic mass is 9.80. The third-order valence-corrected chi connectivity index (χ3v) is 5.27. The van der Waals surface area contributed by atoms with Crippen LogP contribution in [0.3, 0.4) is 0 Å². The fourth-order valence-electron chi connectivity index (χ4n) is 3.25. The number of carbonyl (C=O) groups is 2. The largest absolute Gasteiger partial charge is 0.463 e. The molecular formula is C21H26Cl2N2O5. The van der Waals surface area contributed by atoms with Crippen molar-refractivity contribution in [1.82, 2.24) is 5.32 Å². The standard InChI is InChI=1S/C21H26Cl2N2O5/c1-4-29-20(26)16-12(3)25-15(11-28-10-9-24)18(21(27)30-5-2)17(16)13-7-6-8-14(22)19(13)23/h6-8,17,25H,4-5,9-11,24H2,1-3H3. The molecule has 9 heteroatoms. The number of nitrogens with two attached hydrogens (primary N) is 1. The van der Waals surface area contributed by atoms with Crippen molar-refractivity contribution in [3.05, 3.63) is 56.3 Å². The highest BCUT2D eigenvalue weighted by molar-refractivity contribution is 6.42. The van der Waals surface area contributed by atoms with E-state index in [9.17, 15) is 9.59 Å². The van der Waals surface area contributed by atoms with Gasteiger partial charge in [-0.05, 0) is 32.4 Å². The number of esters is 2. The van der Waals surface area contributed by atoms with Gasteiger partial charge in [-0.1, -0.05) is 35.3 Å². The van der Waals surface area contributed by atoms with Crippen LogP contribution in [0.4, 0.5) is 0 Å². The van der Waals surface area contributed by atoms with Crippen LogP contribution >= 0.6 is 23.2 Å². The number of hydrogen-bond donors (Lipinski definition) is 2. The molecule has 3 N–H and O–H groups in total. The smallest absolute Gasteiger partial charge is 0.336 e. The van der Waals surface area contributed by atoms with Gasteiger partial charge in [0.15, 0.2) is 0 Å². The average Bonchev–Trinajstić information content (AvgIpc) is 2.70. The van der Waals surface area contributed by atoms with E-state index in [0.717, 1.165) is 0 Å². The van der Waals surface area contributed by atoms with E-state index in [0.29, 0.717) is 35.1 Å². The van der Waals surface area contributed by atoms with E-state index < -0.39 is 17.9 Å². The second-order valence-electron chi connectivity index (χ2n) is 6.41. The van der Waals surface area contributed by atoms with Crippen molar-refractivity contribution in [2.24, 2.45) is 5.73 Å². The number of benzene rings is 1. The number of allylic oxidation sites excluding steroid dienone is 1. The molecule has 1 aromatic rings. The Hall–Kier alpha value is -2.06. The summed E-state index contributed by atoms with van der Waals surface area (Å²) in [7, 11) is 0. The summed E-state index contributed by atoms with van der Waals surface area (Å²) in [4.78, 5) is 25.9. The van der Waals surface area contributed by atoms with E-state index in [1.54, 1.807) is 39.0 Å². The third-order valence-electron chi connectivity index (χ3n) is 4.44. The number of ether oxygens (including phenoxy) is 3. The summed E-state index contributed by atoms with van der Waals surface area (Å²) < 4.78 is 16.1. The lowest BCUT2D eigenvalue weighted by Crippen LogP contribution is -2.35. The minimum atomic E-state index is -0.841. The van der Waals surface area contributed by atoms with Crippen molar-refractivity contribution in [1.29, 1.82) is 0 Å². The molecule has 1 heterocycles. The zero-order valence-electron chi connectivity index (χ0n) is 17.2. The first-order chi connectivity index (χ1) is 14.4. The minimum Gasteiger partial charge on any atom is -0.463 e. The Morgan fingerprint density at radius 1 is 1.10 bits per heavy atom. The molecule has 0 amide bonds. The van der Waals surface area contributed by atoms with Crippen molar-refractivity contribution < 1.29 is 23.8 Å². The van der Waals surface area contributed by atoms with Crippen molar-refractivity contribution in [3.8, 4) is 0 Å². The summed E-state index contributed by atoms with van der Waals surface area (Å²) in [6.07, 6.45) is 0. The molecule has 0 saturated heterocycles. The fourth-order valence-corrected chi connectivity index (χ4v) is 3.67. The molecule has 0 fully saturated rings.